The molecule has 0 radical (unpaired) electrons. The zero-order chi connectivity index (χ0) is 14.5. The molecule has 4 heteroatoms. The first-order chi connectivity index (χ1) is 9.67. The maximum absolute atomic E-state index is 12.2. The zero-order valence-electron chi connectivity index (χ0n) is 11.5. The van der Waals surface area contributed by atoms with Gasteiger partial charge in [-0.15, -0.1) is 0 Å². The second-order valence-corrected chi connectivity index (χ2v) is 4.77. The van der Waals surface area contributed by atoms with Gasteiger partial charge in [-0.05, 0) is 24.3 Å². The highest BCUT2D eigenvalue weighted by Crippen LogP contribution is 2.28. The van der Waals surface area contributed by atoms with Gasteiger partial charge in [0.25, 0.3) is 5.91 Å². The van der Waals surface area contributed by atoms with E-state index in [0.29, 0.717) is 11.8 Å². The van der Waals surface area contributed by atoms with E-state index in [-0.39, 0.29) is 29.9 Å². The first-order valence-electron chi connectivity index (χ1n) is 6.79. The van der Waals surface area contributed by atoms with Gasteiger partial charge < -0.3 is 15.5 Å². The Morgan fingerprint density at radius 2 is 2.00 bits per heavy atom. The minimum Gasteiger partial charge on any atom is -0.506 e. The molecule has 1 unspecified atom stereocenters. The van der Waals surface area contributed by atoms with Crippen LogP contribution in [-0.2, 0) is 0 Å². The number of benzene rings is 2. The summed E-state index contributed by atoms with van der Waals surface area (Å²) in [5.74, 6) is -0.312. The number of hydrogen-bond donors (Lipinski definition) is 3. The van der Waals surface area contributed by atoms with Crippen molar-refractivity contribution in [3.05, 3.63) is 42.0 Å². The second-order valence-electron chi connectivity index (χ2n) is 4.77. The van der Waals surface area contributed by atoms with E-state index in [1.807, 2.05) is 31.2 Å². The Bertz CT molecular complexity index is 610. The molecule has 0 aliphatic carbocycles. The van der Waals surface area contributed by atoms with Crippen molar-refractivity contribution in [1.29, 1.82) is 0 Å². The Balaban J connectivity index is 2.28. The number of nitrogens with one attached hydrogen (secondary N) is 1. The Hall–Kier alpha value is -2.07. The van der Waals surface area contributed by atoms with Gasteiger partial charge in [-0.2, -0.15) is 0 Å². The third-order valence-corrected chi connectivity index (χ3v) is 3.45. The Morgan fingerprint density at radius 1 is 1.25 bits per heavy atom. The van der Waals surface area contributed by atoms with E-state index in [0.717, 1.165) is 11.8 Å². The molecule has 0 bridgehead atoms. The van der Waals surface area contributed by atoms with Crippen LogP contribution in [0.2, 0.25) is 0 Å². The summed E-state index contributed by atoms with van der Waals surface area (Å²) < 4.78 is 0. The number of phenolic OH excluding ortho intramolecular Hbond substituents is 1. The van der Waals surface area contributed by atoms with Crippen molar-refractivity contribution in [3.63, 3.8) is 0 Å². The summed E-state index contributed by atoms with van der Waals surface area (Å²) in [6.07, 6.45) is 1.25. The molecule has 1 atom stereocenters. The van der Waals surface area contributed by atoms with E-state index in [2.05, 4.69) is 5.32 Å². The lowest BCUT2D eigenvalue weighted by Crippen LogP contribution is -2.35. The summed E-state index contributed by atoms with van der Waals surface area (Å²) in [6.45, 7) is 1.98. The van der Waals surface area contributed by atoms with Gasteiger partial charge in [0.2, 0.25) is 0 Å². The summed E-state index contributed by atoms with van der Waals surface area (Å²) in [5, 5.41) is 23.6. The smallest absolute Gasteiger partial charge is 0.255 e. The molecule has 3 N–H and O–H groups in total. The SMILES string of the molecule is CCC(CCO)NC(=O)c1ccc2ccccc2c1O. The average molecular weight is 273 g/mol. The molecule has 0 aromatic heterocycles. The fourth-order valence-electron chi connectivity index (χ4n) is 2.24. The van der Waals surface area contributed by atoms with Crippen LogP contribution in [0.3, 0.4) is 0 Å². The fraction of sp³-hybridized carbons (Fsp3) is 0.312. The van der Waals surface area contributed by atoms with Gasteiger partial charge in [0, 0.05) is 18.0 Å². The number of amides is 1. The van der Waals surface area contributed by atoms with Crippen molar-refractivity contribution in [2.45, 2.75) is 25.8 Å². The molecule has 0 saturated heterocycles. The predicted octanol–water partition coefficient (Wildman–Crippen LogP) is 2.44. The first-order valence-corrected chi connectivity index (χ1v) is 6.79. The van der Waals surface area contributed by atoms with Gasteiger partial charge in [-0.1, -0.05) is 37.3 Å². The molecule has 0 fully saturated rings. The maximum atomic E-state index is 12.2. The summed E-state index contributed by atoms with van der Waals surface area (Å²) >= 11 is 0. The summed E-state index contributed by atoms with van der Waals surface area (Å²) in [6, 6.07) is 10.7. The third-order valence-electron chi connectivity index (χ3n) is 3.45. The van der Waals surface area contributed by atoms with Crippen molar-refractivity contribution < 1.29 is 15.0 Å². The van der Waals surface area contributed by atoms with Gasteiger partial charge in [-0.25, -0.2) is 0 Å². The fourth-order valence-corrected chi connectivity index (χ4v) is 2.24. The van der Waals surface area contributed by atoms with Crippen molar-refractivity contribution in [2.24, 2.45) is 0 Å². The lowest BCUT2D eigenvalue weighted by Gasteiger charge is -2.16. The second kappa shape index (κ2) is 6.39. The molecular weight excluding hydrogens is 254 g/mol. The highest BCUT2D eigenvalue weighted by molar-refractivity contribution is 6.03. The molecule has 106 valence electrons. The van der Waals surface area contributed by atoms with Gasteiger partial charge >= 0.3 is 0 Å². The van der Waals surface area contributed by atoms with Crippen LogP contribution >= 0.6 is 0 Å². The topological polar surface area (TPSA) is 69.6 Å². The van der Waals surface area contributed by atoms with Crippen molar-refractivity contribution >= 4 is 16.7 Å². The van der Waals surface area contributed by atoms with E-state index >= 15 is 0 Å². The quantitative estimate of drug-likeness (QED) is 0.783. The van der Waals surface area contributed by atoms with Crippen LogP contribution in [0.1, 0.15) is 30.1 Å². The van der Waals surface area contributed by atoms with Crippen molar-refractivity contribution in [1.82, 2.24) is 5.32 Å². The molecule has 0 spiro atoms. The van der Waals surface area contributed by atoms with Gasteiger partial charge in [0.05, 0.1) is 5.56 Å². The monoisotopic (exact) mass is 273 g/mol. The predicted molar refractivity (Wildman–Crippen MR) is 78.9 cm³/mol. The molecule has 0 heterocycles. The van der Waals surface area contributed by atoms with E-state index in [9.17, 15) is 9.90 Å². The number of phenols is 1. The summed E-state index contributed by atoms with van der Waals surface area (Å²) in [5.41, 5.74) is 0.264. The lowest BCUT2D eigenvalue weighted by atomic mass is 10.0. The summed E-state index contributed by atoms with van der Waals surface area (Å²) in [7, 11) is 0. The number of hydrogen-bond acceptors (Lipinski definition) is 3. The Kier molecular flexibility index (Phi) is 4.58. The highest BCUT2D eigenvalue weighted by Gasteiger charge is 2.16. The van der Waals surface area contributed by atoms with Crippen LogP contribution in [0.25, 0.3) is 10.8 Å². The molecule has 1 amide bonds. The number of carbonyl (C=O) groups is 1. The molecule has 2 rings (SSSR count). The maximum Gasteiger partial charge on any atom is 0.255 e. The lowest BCUT2D eigenvalue weighted by molar-refractivity contribution is 0.0926. The molecule has 0 saturated carbocycles. The van der Waals surface area contributed by atoms with Crippen LogP contribution in [0, 0.1) is 0 Å². The molecule has 20 heavy (non-hydrogen) atoms. The highest BCUT2D eigenvalue weighted by atomic mass is 16.3. The molecule has 4 nitrogen and oxygen atoms in total. The van der Waals surface area contributed by atoms with Crippen LogP contribution in [0.4, 0.5) is 0 Å². The molecule has 2 aromatic rings. The number of aromatic hydroxyl groups is 1. The molecular formula is C16H19NO3. The number of aliphatic hydroxyl groups is 1. The van der Waals surface area contributed by atoms with Crippen molar-refractivity contribution in [2.75, 3.05) is 6.61 Å². The number of rotatable bonds is 5. The summed E-state index contributed by atoms with van der Waals surface area (Å²) in [4.78, 5) is 12.2. The van der Waals surface area contributed by atoms with Gasteiger partial charge in [-0.3, -0.25) is 4.79 Å². The van der Waals surface area contributed by atoms with E-state index in [1.165, 1.54) is 0 Å². The average Bonchev–Trinajstić information content (AvgIpc) is 2.47. The van der Waals surface area contributed by atoms with E-state index in [4.69, 9.17) is 5.11 Å². The minimum absolute atomic E-state index is 0.000508. The number of carbonyl (C=O) groups excluding carboxylic acids is 1. The number of fused-ring (bicyclic) bond motifs is 1. The largest absolute Gasteiger partial charge is 0.506 e. The molecule has 2 aromatic carbocycles. The first kappa shape index (κ1) is 14.3. The van der Waals surface area contributed by atoms with Crippen molar-refractivity contribution in [3.8, 4) is 5.75 Å². The Morgan fingerprint density at radius 3 is 2.70 bits per heavy atom. The third kappa shape index (κ3) is 2.91. The standard InChI is InChI=1S/C16H19NO3/c1-2-12(9-10-18)17-16(20)14-8-7-11-5-3-4-6-13(11)15(14)19/h3-8,12,18-19H,2,9-10H2,1H3,(H,17,20). The minimum atomic E-state index is -0.312. The zero-order valence-corrected chi connectivity index (χ0v) is 11.5. The van der Waals surface area contributed by atoms with E-state index < -0.39 is 0 Å². The Labute approximate surface area is 118 Å². The van der Waals surface area contributed by atoms with Crippen LogP contribution in [0.15, 0.2) is 36.4 Å². The van der Waals surface area contributed by atoms with Crippen LogP contribution in [0.5, 0.6) is 5.75 Å². The van der Waals surface area contributed by atoms with Crippen LogP contribution in [-0.4, -0.2) is 28.8 Å². The van der Waals surface area contributed by atoms with Gasteiger partial charge in [0.1, 0.15) is 5.75 Å². The molecule has 0 aliphatic rings. The van der Waals surface area contributed by atoms with Crippen LogP contribution < -0.4 is 5.32 Å². The number of aliphatic hydroxyl groups excluding tert-OH is 1. The normalized spacial score (nSPS) is 12.3. The van der Waals surface area contributed by atoms with Gasteiger partial charge in [0.15, 0.2) is 0 Å². The van der Waals surface area contributed by atoms with E-state index in [1.54, 1.807) is 12.1 Å². The molecule has 0 aliphatic heterocycles.